The van der Waals surface area contributed by atoms with Crippen LogP contribution in [0.15, 0.2) is 30.3 Å². The molecule has 3 fully saturated rings. The van der Waals surface area contributed by atoms with Gasteiger partial charge in [-0.25, -0.2) is 18.6 Å². The van der Waals surface area contributed by atoms with Gasteiger partial charge in [-0.05, 0) is 43.7 Å². The Balaban J connectivity index is 1.25. The number of ether oxygens (including phenoxy) is 1. The molecule has 3 aromatic rings. The maximum Gasteiger partial charge on any atom is 0.317 e. The van der Waals surface area contributed by atoms with E-state index in [1.165, 1.54) is 4.57 Å². The first-order valence-electron chi connectivity index (χ1n) is 13.3. The zero-order valence-electron chi connectivity index (χ0n) is 21.2. The van der Waals surface area contributed by atoms with E-state index in [9.17, 15) is 13.6 Å². The summed E-state index contributed by atoms with van der Waals surface area (Å²) in [6.45, 7) is 4.66. The van der Waals surface area contributed by atoms with Gasteiger partial charge >= 0.3 is 6.03 Å². The minimum absolute atomic E-state index is 0.0441. The van der Waals surface area contributed by atoms with E-state index in [-0.39, 0.29) is 11.9 Å². The SMILES string of the molecule is O=C1NCCN1C1CCC(CNc2nc(N3CCOCC3)cc(-n3c(C(F)F)nc4ccccc43)n2)CC1. The standard InChI is InChI=1S/C26H32F2N8O2/c27-23(28)24-31-19-3-1-2-4-20(19)36(24)22-15-21(34-11-13-38-14-12-34)32-25(33-22)30-16-17-5-7-18(8-6-17)35-10-9-29-26(35)37/h1-4,15,17-18,23H,5-14,16H2,(H,29,37)(H,30,32,33). The number of morpholine rings is 1. The first kappa shape index (κ1) is 24.8. The van der Waals surface area contributed by atoms with Gasteiger partial charge in [0, 0.05) is 44.8 Å². The molecule has 0 unspecified atom stereocenters. The molecule has 12 heteroatoms. The minimum Gasteiger partial charge on any atom is -0.378 e. The van der Waals surface area contributed by atoms with Gasteiger partial charge in [0.15, 0.2) is 5.82 Å². The number of rotatable bonds is 7. The molecule has 1 aromatic carbocycles. The lowest BCUT2D eigenvalue weighted by molar-refractivity contribution is 0.122. The number of nitrogens with one attached hydrogen (secondary N) is 2. The summed E-state index contributed by atoms with van der Waals surface area (Å²) in [5.74, 6) is 1.51. The van der Waals surface area contributed by atoms with Crippen molar-refractivity contribution < 1.29 is 18.3 Å². The number of aromatic nitrogens is 4. The van der Waals surface area contributed by atoms with Crippen molar-refractivity contribution in [3.8, 4) is 5.82 Å². The van der Waals surface area contributed by atoms with Crippen LogP contribution in [0.25, 0.3) is 16.9 Å². The number of carbonyl (C=O) groups is 1. The summed E-state index contributed by atoms with van der Waals surface area (Å²) in [6.07, 6.45) is 1.18. The maximum absolute atomic E-state index is 14.1. The number of amides is 2. The van der Waals surface area contributed by atoms with Crippen molar-refractivity contribution >= 4 is 28.8 Å². The molecule has 2 N–H and O–H groups in total. The number of hydrogen-bond donors (Lipinski definition) is 2. The second-order valence-electron chi connectivity index (χ2n) is 10.1. The average molecular weight is 527 g/mol. The van der Waals surface area contributed by atoms with Crippen molar-refractivity contribution in [1.82, 2.24) is 29.7 Å². The third-order valence-electron chi connectivity index (χ3n) is 7.74. The van der Waals surface area contributed by atoms with E-state index in [2.05, 4.69) is 25.5 Å². The van der Waals surface area contributed by atoms with Crippen molar-refractivity contribution in [2.45, 2.75) is 38.2 Å². The lowest BCUT2D eigenvalue weighted by Crippen LogP contribution is -2.41. The lowest BCUT2D eigenvalue weighted by atomic mass is 9.85. The number of benzene rings is 1. The molecule has 2 aliphatic heterocycles. The summed E-state index contributed by atoms with van der Waals surface area (Å²) in [5.41, 5.74) is 1.07. The van der Waals surface area contributed by atoms with Gasteiger partial charge in [-0.1, -0.05) is 12.1 Å². The lowest BCUT2D eigenvalue weighted by Gasteiger charge is -2.34. The molecule has 2 saturated heterocycles. The predicted molar refractivity (Wildman–Crippen MR) is 139 cm³/mol. The number of fused-ring (bicyclic) bond motifs is 1. The molecular weight excluding hydrogens is 494 g/mol. The van der Waals surface area contributed by atoms with E-state index in [4.69, 9.17) is 9.72 Å². The Morgan fingerprint density at radius 1 is 1.03 bits per heavy atom. The van der Waals surface area contributed by atoms with Gasteiger partial charge < -0.3 is 25.2 Å². The van der Waals surface area contributed by atoms with Crippen molar-refractivity contribution in [3.05, 3.63) is 36.2 Å². The fourth-order valence-corrected chi connectivity index (χ4v) is 5.73. The molecular formula is C26H32F2N8O2. The fourth-order valence-electron chi connectivity index (χ4n) is 5.73. The van der Waals surface area contributed by atoms with Crippen molar-refractivity contribution in [3.63, 3.8) is 0 Å². The quantitative estimate of drug-likeness (QED) is 0.485. The molecule has 0 bridgehead atoms. The normalized spacial score (nSPS) is 22.3. The molecule has 10 nitrogen and oxygen atoms in total. The maximum atomic E-state index is 14.1. The van der Waals surface area contributed by atoms with Gasteiger partial charge in [0.05, 0.1) is 24.2 Å². The Kier molecular flexibility index (Phi) is 6.96. The highest BCUT2D eigenvalue weighted by Crippen LogP contribution is 2.31. The summed E-state index contributed by atoms with van der Waals surface area (Å²) < 4.78 is 35.1. The number of anilines is 2. The van der Waals surface area contributed by atoms with E-state index < -0.39 is 6.43 Å². The minimum atomic E-state index is -2.76. The summed E-state index contributed by atoms with van der Waals surface area (Å²) in [7, 11) is 0. The highest BCUT2D eigenvalue weighted by Gasteiger charge is 2.31. The fraction of sp³-hybridized carbons (Fsp3) is 0.538. The van der Waals surface area contributed by atoms with Crippen molar-refractivity contribution in [2.24, 2.45) is 5.92 Å². The third kappa shape index (κ3) is 4.96. The highest BCUT2D eigenvalue weighted by molar-refractivity contribution is 5.78. The molecule has 1 saturated carbocycles. The summed E-state index contributed by atoms with van der Waals surface area (Å²) in [5, 5.41) is 6.28. The molecule has 202 valence electrons. The van der Waals surface area contributed by atoms with E-state index >= 15 is 0 Å². The van der Waals surface area contributed by atoms with Gasteiger partial charge in [-0.15, -0.1) is 0 Å². The van der Waals surface area contributed by atoms with Gasteiger partial charge in [-0.3, -0.25) is 4.57 Å². The Morgan fingerprint density at radius 3 is 2.53 bits per heavy atom. The van der Waals surface area contributed by atoms with Crippen LogP contribution < -0.4 is 15.5 Å². The average Bonchev–Trinajstić information content (AvgIpc) is 3.56. The summed E-state index contributed by atoms with van der Waals surface area (Å²) in [6, 6.07) is 9.18. The van der Waals surface area contributed by atoms with Crippen LogP contribution in [-0.2, 0) is 4.74 Å². The van der Waals surface area contributed by atoms with Gasteiger partial charge in [0.2, 0.25) is 5.95 Å². The van der Waals surface area contributed by atoms with Crippen LogP contribution in [0.5, 0.6) is 0 Å². The van der Waals surface area contributed by atoms with E-state index in [1.807, 2.05) is 4.90 Å². The molecule has 6 rings (SSSR count). The summed E-state index contributed by atoms with van der Waals surface area (Å²) in [4.78, 5) is 29.7. The molecule has 2 amide bonds. The van der Waals surface area contributed by atoms with Crippen LogP contribution in [0, 0.1) is 5.92 Å². The molecule has 0 atom stereocenters. The van der Waals surface area contributed by atoms with Crippen molar-refractivity contribution in [1.29, 1.82) is 0 Å². The van der Waals surface area contributed by atoms with Crippen LogP contribution in [0.2, 0.25) is 0 Å². The van der Waals surface area contributed by atoms with E-state index in [0.29, 0.717) is 73.4 Å². The molecule has 4 heterocycles. The predicted octanol–water partition coefficient (Wildman–Crippen LogP) is 3.59. The molecule has 1 aliphatic carbocycles. The smallest absolute Gasteiger partial charge is 0.317 e. The third-order valence-corrected chi connectivity index (χ3v) is 7.74. The largest absolute Gasteiger partial charge is 0.378 e. The number of nitrogens with zero attached hydrogens (tertiary/aromatic N) is 6. The van der Waals surface area contributed by atoms with E-state index in [0.717, 1.165) is 38.8 Å². The number of carbonyl (C=O) groups excluding carboxylic acids is 1. The first-order chi connectivity index (χ1) is 18.6. The Hall–Kier alpha value is -3.54. The number of urea groups is 1. The first-order valence-corrected chi connectivity index (χ1v) is 13.3. The number of halogens is 2. The second-order valence-corrected chi connectivity index (χ2v) is 10.1. The van der Waals surface area contributed by atoms with Crippen LogP contribution in [0.3, 0.4) is 0 Å². The Labute approximate surface area is 219 Å². The zero-order chi connectivity index (χ0) is 26.1. The van der Waals surface area contributed by atoms with Crippen molar-refractivity contribution in [2.75, 3.05) is 56.2 Å². The molecule has 0 radical (unpaired) electrons. The Morgan fingerprint density at radius 2 is 1.79 bits per heavy atom. The number of imidazole rings is 1. The van der Waals surface area contributed by atoms with E-state index in [1.54, 1.807) is 30.3 Å². The molecule has 2 aromatic heterocycles. The van der Waals surface area contributed by atoms with Crippen LogP contribution in [0.4, 0.5) is 25.3 Å². The molecule has 0 spiro atoms. The van der Waals surface area contributed by atoms with Gasteiger partial charge in [0.1, 0.15) is 11.6 Å². The van der Waals surface area contributed by atoms with Crippen LogP contribution >= 0.6 is 0 Å². The topological polar surface area (TPSA) is 100 Å². The monoisotopic (exact) mass is 526 g/mol. The summed E-state index contributed by atoms with van der Waals surface area (Å²) >= 11 is 0. The van der Waals surface area contributed by atoms with Crippen LogP contribution in [-0.4, -0.2) is 82.4 Å². The Bertz CT molecular complexity index is 1290. The number of para-hydroxylation sites is 2. The number of alkyl halides is 2. The van der Waals surface area contributed by atoms with Gasteiger partial charge in [-0.2, -0.15) is 9.97 Å². The molecule has 3 aliphatic rings. The van der Waals surface area contributed by atoms with Gasteiger partial charge in [0.25, 0.3) is 6.43 Å². The highest BCUT2D eigenvalue weighted by atomic mass is 19.3. The zero-order valence-corrected chi connectivity index (χ0v) is 21.2. The second kappa shape index (κ2) is 10.7. The van der Waals surface area contributed by atoms with Crippen LogP contribution in [0.1, 0.15) is 37.9 Å². The molecule has 38 heavy (non-hydrogen) atoms. The number of hydrogen-bond acceptors (Lipinski definition) is 7.